The Hall–Kier alpha value is -4.24. The topological polar surface area (TPSA) is 38.9 Å². The minimum Gasteiger partial charge on any atom is -0.437 e. The molecule has 0 fully saturated rings. The zero-order valence-corrected chi connectivity index (χ0v) is 19.0. The number of hydrogen-bond donors (Lipinski definition) is 0. The summed E-state index contributed by atoms with van der Waals surface area (Å²) in [4.78, 5) is 9.36. The fourth-order valence-corrected chi connectivity index (χ4v) is 4.76. The van der Waals surface area contributed by atoms with E-state index in [4.69, 9.17) is 13.5 Å². The van der Waals surface area contributed by atoms with Gasteiger partial charge in [0.2, 0.25) is 5.71 Å². The van der Waals surface area contributed by atoms with Crippen LogP contribution in [0, 0.1) is 20.7 Å². The number of nitrogens with zero attached hydrogens (tertiary/aromatic N) is 2. The van der Waals surface area contributed by atoms with Crippen LogP contribution in [0.4, 0.5) is 0 Å². The van der Waals surface area contributed by atoms with Crippen molar-refractivity contribution < 1.29 is 8.53 Å². The molecular formula is C31H24N2O. The van der Waals surface area contributed by atoms with Crippen LogP contribution in [0.2, 0.25) is 0 Å². The van der Waals surface area contributed by atoms with Crippen molar-refractivity contribution in [3.63, 3.8) is 0 Å². The molecule has 6 aromatic rings. The maximum absolute atomic E-state index is 7.76. The molecule has 0 radical (unpaired) electrons. The Morgan fingerprint density at radius 1 is 0.735 bits per heavy atom. The van der Waals surface area contributed by atoms with E-state index in [1.807, 2.05) is 48.5 Å². The number of fused-ring (bicyclic) bond motifs is 3. The number of aryl methyl sites for hydroxylation is 3. The van der Waals surface area contributed by atoms with Crippen LogP contribution in [-0.4, -0.2) is 9.97 Å². The summed E-state index contributed by atoms with van der Waals surface area (Å²) in [5.74, 6) is 0. The molecule has 6 rings (SSSR count). The summed E-state index contributed by atoms with van der Waals surface area (Å²) < 4.78 is 29.6. The van der Waals surface area contributed by atoms with Crippen molar-refractivity contribution >= 4 is 22.1 Å². The lowest BCUT2D eigenvalue weighted by Gasteiger charge is -2.12. The molecule has 34 heavy (non-hydrogen) atoms. The van der Waals surface area contributed by atoms with Crippen molar-refractivity contribution in [1.29, 1.82) is 0 Å². The SMILES string of the molecule is [2H]C([2H])([2H])c1ccnc(-c2cccc3c2oc2nc(-c4c(C)cc(-c5ccccc5)cc4C)ccc23)c1. The molecule has 0 aliphatic carbocycles. The molecule has 3 heterocycles. The number of para-hydroxylation sites is 1. The van der Waals surface area contributed by atoms with Gasteiger partial charge in [0.15, 0.2) is 0 Å². The number of benzene rings is 3. The van der Waals surface area contributed by atoms with Crippen molar-refractivity contribution in [3.8, 4) is 33.6 Å². The maximum atomic E-state index is 7.76. The number of aromatic nitrogens is 2. The molecule has 0 N–H and O–H groups in total. The van der Waals surface area contributed by atoms with E-state index in [0.717, 1.165) is 38.7 Å². The van der Waals surface area contributed by atoms with Gasteiger partial charge in [-0.1, -0.05) is 54.6 Å². The van der Waals surface area contributed by atoms with Crippen molar-refractivity contribution in [3.05, 3.63) is 108 Å². The quantitative estimate of drug-likeness (QED) is 0.276. The smallest absolute Gasteiger partial charge is 0.227 e. The van der Waals surface area contributed by atoms with E-state index in [1.165, 1.54) is 23.4 Å². The van der Waals surface area contributed by atoms with E-state index in [2.05, 4.69) is 43.1 Å². The predicted octanol–water partition coefficient (Wildman–Crippen LogP) is 8.30. The van der Waals surface area contributed by atoms with Gasteiger partial charge in [0.25, 0.3) is 0 Å². The van der Waals surface area contributed by atoms with Crippen molar-refractivity contribution in [2.45, 2.75) is 20.7 Å². The normalized spacial score (nSPS) is 13.1. The fourth-order valence-electron chi connectivity index (χ4n) is 4.76. The largest absolute Gasteiger partial charge is 0.437 e. The van der Waals surface area contributed by atoms with E-state index in [-0.39, 0.29) is 5.56 Å². The van der Waals surface area contributed by atoms with Crippen molar-refractivity contribution in [1.82, 2.24) is 9.97 Å². The third-order valence-electron chi connectivity index (χ3n) is 6.30. The van der Waals surface area contributed by atoms with Gasteiger partial charge in [-0.2, -0.15) is 0 Å². The van der Waals surface area contributed by atoms with Crippen LogP contribution >= 0.6 is 0 Å². The zero-order valence-electron chi connectivity index (χ0n) is 22.0. The standard InChI is InChI=1S/C31H24N2O/c1-19-14-15-32-28(16-19)26-11-7-10-24-25-12-13-27(33-31(25)34-30(24)26)29-20(2)17-23(18-21(29)3)22-8-5-4-6-9-22/h4-18H,1-3H3/i1D3. The fraction of sp³-hybridized carbons (Fsp3) is 0.0968. The highest BCUT2D eigenvalue weighted by Gasteiger charge is 2.16. The first-order chi connectivity index (χ1) is 17.8. The van der Waals surface area contributed by atoms with Crippen molar-refractivity contribution in [2.75, 3.05) is 0 Å². The highest BCUT2D eigenvalue weighted by molar-refractivity contribution is 6.08. The third kappa shape index (κ3) is 3.37. The van der Waals surface area contributed by atoms with Gasteiger partial charge in [0.05, 0.1) is 11.4 Å². The molecule has 3 nitrogen and oxygen atoms in total. The van der Waals surface area contributed by atoms with Gasteiger partial charge in [-0.25, -0.2) is 4.98 Å². The van der Waals surface area contributed by atoms with E-state index < -0.39 is 6.85 Å². The molecule has 0 saturated carbocycles. The van der Waals surface area contributed by atoms with Gasteiger partial charge in [0.1, 0.15) is 5.58 Å². The summed E-state index contributed by atoms with van der Waals surface area (Å²) in [5.41, 5.74) is 9.33. The Kier molecular flexibility index (Phi) is 4.04. The minimum absolute atomic E-state index is 0.246. The average molecular weight is 444 g/mol. The molecule has 0 bridgehead atoms. The first-order valence-corrected chi connectivity index (χ1v) is 11.3. The third-order valence-corrected chi connectivity index (χ3v) is 6.30. The molecule has 0 aliphatic heterocycles. The predicted molar refractivity (Wildman–Crippen MR) is 140 cm³/mol. The van der Waals surface area contributed by atoms with Crippen LogP contribution < -0.4 is 0 Å². The Labute approximate surface area is 203 Å². The highest BCUT2D eigenvalue weighted by Crippen LogP contribution is 2.37. The minimum atomic E-state index is -2.21. The lowest BCUT2D eigenvalue weighted by Crippen LogP contribution is -1.93. The number of pyridine rings is 2. The number of furan rings is 1. The van der Waals surface area contributed by atoms with Gasteiger partial charge < -0.3 is 4.42 Å². The Morgan fingerprint density at radius 3 is 2.35 bits per heavy atom. The lowest BCUT2D eigenvalue weighted by atomic mass is 9.93. The Balaban J connectivity index is 1.47. The molecule has 0 unspecified atom stereocenters. The average Bonchev–Trinajstić information content (AvgIpc) is 3.26. The second-order valence-corrected chi connectivity index (χ2v) is 8.61. The summed E-state index contributed by atoms with van der Waals surface area (Å²) in [6, 6.07) is 27.8. The van der Waals surface area contributed by atoms with Gasteiger partial charge >= 0.3 is 0 Å². The Morgan fingerprint density at radius 2 is 1.56 bits per heavy atom. The van der Waals surface area contributed by atoms with Gasteiger partial charge in [0, 0.05) is 32.2 Å². The Bertz CT molecular complexity index is 1760. The molecule has 0 spiro atoms. The summed E-state index contributed by atoms with van der Waals surface area (Å²) in [5, 5.41) is 1.82. The van der Waals surface area contributed by atoms with Crippen LogP contribution in [0.15, 0.2) is 95.5 Å². The van der Waals surface area contributed by atoms with Crippen LogP contribution in [0.3, 0.4) is 0 Å². The van der Waals surface area contributed by atoms with E-state index in [9.17, 15) is 0 Å². The molecule has 3 aromatic carbocycles. The zero-order chi connectivity index (χ0) is 25.7. The van der Waals surface area contributed by atoms with E-state index in [1.54, 1.807) is 6.07 Å². The molecule has 164 valence electrons. The van der Waals surface area contributed by atoms with Crippen LogP contribution in [0.5, 0.6) is 0 Å². The summed E-state index contributed by atoms with van der Waals surface area (Å²) in [6.07, 6.45) is 1.53. The lowest BCUT2D eigenvalue weighted by molar-refractivity contribution is 0.655. The molecular weight excluding hydrogens is 416 g/mol. The summed E-state index contributed by atoms with van der Waals surface area (Å²) in [7, 11) is 0. The maximum Gasteiger partial charge on any atom is 0.227 e. The van der Waals surface area contributed by atoms with Crippen LogP contribution in [0.1, 0.15) is 20.8 Å². The molecule has 3 heteroatoms. The van der Waals surface area contributed by atoms with Crippen LogP contribution in [0.25, 0.3) is 55.7 Å². The second kappa shape index (κ2) is 7.96. The first-order valence-electron chi connectivity index (χ1n) is 12.8. The highest BCUT2D eigenvalue weighted by atomic mass is 16.3. The van der Waals surface area contributed by atoms with Crippen molar-refractivity contribution in [2.24, 2.45) is 0 Å². The summed E-state index contributed by atoms with van der Waals surface area (Å²) in [6.45, 7) is 2.02. The second-order valence-electron chi connectivity index (χ2n) is 8.61. The molecule has 0 atom stereocenters. The monoisotopic (exact) mass is 443 g/mol. The first kappa shape index (κ1) is 17.3. The molecule has 0 saturated heterocycles. The number of rotatable bonds is 3. The molecule has 0 amide bonds. The van der Waals surface area contributed by atoms with Gasteiger partial charge in [-0.05, 0) is 78.8 Å². The van der Waals surface area contributed by atoms with Gasteiger partial charge in [-0.15, -0.1) is 0 Å². The van der Waals surface area contributed by atoms with Gasteiger partial charge in [-0.3, -0.25) is 4.98 Å². The van der Waals surface area contributed by atoms with Crippen LogP contribution in [-0.2, 0) is 0 Å². The van der Waals surface area contributed by atoms with E-state index in [0.29, 0.717) is 17.0 Å². The van der Waals surface area contributed by atoms with E-state index >= 15 is 0 Å². The number of hydrogen-bond acceptors (Lipinski definition) is 3. The molecule has 3 aromatic heterocycles. The summed E-state index contributed by atoms with van der Waals surface area (Å²) >= 11 is 0. The molecule has 0 aliphatic rings.